The maximum absolute atomic E-state index is 10.8. The lowest BCUT2D eigenvalue weighted by Crippen LogP contribution is -2.14. The zero-order valence-electron chi connectivity index (χ0n) is 10.2. The highest BCUT2D eigenvalue weighted by molar-refractivity contribution is 8.68. The molecule has 0 saturated carbocycles. The highest BCUT2D eigenvalue weighted by Gasteiger charge is 2.29. The van der Waals surface area contributed by atoms with Crippen molar-refractivity contribution in [3.63, 3.8) is 0 Å². The Bertz CT molecular complexity index is 267. The lowest BCUT2D eigenvalue weighted by atomic mass is 10.5. The van der Waals surface area contributed by atoms with Gasteiger partial charge in [-0.1, -0.05) is 11.4 Å². The van der Waals surface area contributed by atoms with E-state index in [0.29, 0.717) is 0 Å². The second-order valence-corrected chi connectivity index (χ2v) is 10.3. The Balaban J connectivity index is 4.66. The summed E-state index contributed by atoms with van der Waals surface area (Å²) in [4.78, 5) is 10.8. The van der Waals surface area contributed by atoms with Crippen molar-refractivity contribution in [3.05, 3.63) is 0 Å². The first-order valence-corrected chi connectivity index (χ1v) is 9.16. The van der Waals surface area contributed by atoms with Gasteiger partial charge in [0, 0.05) is 0 Å². The Morgan fingerprint density at radius 3 is 1.81 bits per heavy atom. The number of carbonyl (C=O) groups is 1. The summed E-state index contributed by atoms with van der Waals surface area (Å²) in [6, 6.07) is 0. The fraction of sp³-hybridized carbons (Fsp3) is 0.889. The van der Waals surface area contributed by atoms with Crippen LogP contribution in [0.15, 0.2) is 0 Å². The molecule has 0 aliphatic carbocycles. The number of carboxylic acid groups (broad SMARTS) is 1. The minimum absolute atomic E-state index is 0.0712. The average Bonchev–Trinajstić information content (AvgIpc) is 1.98. The van der Waals surface area contributed by atoms with Gasteiger partial charge in [0.1, 0.15) is 5.25 Å². The Hall–Kier alpha value is 0.390. The smallest absolute Gasteiger partial charge is 0.316 e. The SMILES string of the molecule is CC(C)OP(=S)(OC(C)C)SC(C)C(=O)O. The van der Waals surface area contributed by atoms with Gasteiger partial charge in [-0.25, -0.2) is 0 Å². The van der Waals surface area contributed by atoms with Crippen LogP contribution in [0.1, 0.15) is 34.6 Å². The van der Waals surface area contributed by atoms with Gasteiger partial charge >= 0.3 is 5.97 Å². The fourth-order valence-corrected chi connectivity index (χ4v) is 7.45. The standard InChI is InChI=1S/C9H19O4PS2/c1-6(2)12-14(15,13-7(3)4)16-8(5)9(10)11/h6-8H,1-5H3,(H,10,11). The van der Waals surface area contributed by atoms with E-state index < -0.39 is 16.9 Å². The zero-order chi connectivity index (χ0) is 12.9. The van der Waals surface area contributed by atoms with Crippen molar-refractivity contribution in [3.8, 4) is 0 Å². The molecular weight excluding hydrogens is 267 g/mol. The predicted molar refractivity (Wildman–Crippen MR) is 71.4 cm³/mol. The summed E-state index contributed by atoms with van der Waals surface area (Å²) in [6.07, 6.45) is -0.142. The van der Waals surface area contributed by atoms with Crippen LogP contribution in [0.4, 0.5) is 0 Å². The van der Waals surface area contributed by atoms with E-state index in [2.05, 4.69) is 0 Å². The molecule has 1 atom stereocenters. The minimum Gasteiger partial charge on any atom is -0.480 e. The van der Waals surface area contributed by atoms with Gasteiger partial charge in [0.15, 0.2) is 0 Å². The van der Waals surface area contributed by atoms with E-state index in [1.165, 1.54) is 0 Å². The van der Waals surface area contributed by atoms with Crippen LogP contribution < -0.4 is 0 Å². The molecule has 0 spiro atoms. The minimum atomic E-state index is -2.57. The van der Waals surface area contributed by atoms with Crippen LogP contribution in [0.5, 0.6) is 0 Å². The molecule has 4 nitrogen and oxygen atoms in total. The van der Waals surface area contributed by atoms with Crippen molar-refractivity contribution in [2.45, 2.75) is 52.1 Å². The van der Waals surface area contributed by atoms with E-state index >= 15 is 0 Å². The van der Waals surface area contributed by atoms with E-state index in [-0.39, 0.29) is 12.2 Å². The molecular formula is C9H19O4PS2. The molecule has 1 N–H and O–H groups in total. The van der Waals surface area contributed by atoms with Crippen molar-refractivity contribution < 1.29 is 18.9 Å². The lowest BCUT2D eigenvalue weighted by Gasteiger charge is -2.26. The van der Waals surface area contributed by atoms with Crippen molar-refractivity contribution in [2.24, 2.45) is 0 Å². The topological polar surface area (TPSA) is 55.8 Å². The van der Waals surface area contributed by atoms with E-state index in [9.17, 15) is 4.79 Å². The molecule has 0 aliphatic rings. The zero-order valence-corrected chi connectivity index (χ0v) is 12.7. The molecule has 0 heterocycles. The van der Waals surface area contributed by atoms with Crippen LogP contribution >= 0.6 is 17.1 Å². The van der Waals surface area contributed by atoms with Crippen molar-refractivity contribution in [2.75, 3.05) is 0 Å². The largest absolute Gasteiger partial charge is 0.480 e. The second kappa shape index (κ2) is 6.97. The maximum atomic E-state index is 10.8. The van der Waals surface area contributed by atoms with Crippen molar-refractivity contribution in [1.29, 1.82) is 0 Å². The Morgan fingerprint density at radius 2 is 1.56 bits per heavy atom. The van der Waals surface area contributed by atoms with Gasteiger partial charge in [-0.3, -0.25) is 4.79 Å². The van der Waals surface area contributed by atoms with Crippen LogP contribution in [-0.2, 0) is 25.6 Å². The van der Waals surface area contributed by atoms with E-state index in [1.54, 1.807) is 6.92 Å². The summed E-state index contributed by atoms with van der Waals surface area (Å²) in [5.41, 5.74) is -2.57. The number of rotatable bonds is 7. The summed E-state index contributed by atoms with van der Waals surface area (Å²) in [5.74, 6) is -0.904. The Morgan fingerprint density at radius 1 is 1.19 bits per heavy atom. The molecule has 0 radical (unpaired) electrons. The summed E-state index contributed by atoms with van der Waals surface area (Å²) in [6.45, 7) is 9.02. The van der Waals surface area contributed by atoms with Crippen LogP contribution in [-0.4, -0.2) is 28.5 Å². The van der Waals surface area contributed by atoms with Gasteiger partial charge in [-0.2, -0.15) is 0 Å². The molecule has 96 valence electrons. The Kier molecular flexibility index (Phi) is 7.14. The number of hydrogen-bond donors (Lipinski definition) is 1. The quantitative estimate of drug-likeness (QED) is 0.725. The molecule has 0 aromatic heterocycles. The molecule has 0 bridgehead atoms. The van der Waals surface area contributed by atoms with Gasteiger partial charge in [-0.15, -0.1) is 0 Å². The second-order valence-electron chi connectivity index (χ2n) is 3.84. The molecule has 0 aromatic rings. The fourth-order valence-electron chi connectivity index (χ4n) is 0.830. The third-order valence-electron chi connectivity index (χ3n) is 1.31. The maximum Gasteiger partial charge on any atom is 0.316 e. The van der Waals surface area contributed by atoms with Gasteiger partial charge in [0.05, 0.1) is 12.2 Å². The molecule has 0 fully saturated rings. The summed E-state index contributed by atoms with van der Waals surface area (Å²) in [7, 11) is 0. The van der Waals surface area contributed by atoms with Crippen LogP contribution in [0.3, 0.4) is 0 Å². The normalized spacial score (nSPS) is 14.4. The number of aliphatic carboxylic acids is 1. The monoisotopic (exact) mass is 286 g/mol. The molecule has 0 amide bonds. The molecule has 0 aromatic carbocycles. The van der Waals surface area contributed by atoms with Gasteiger partial charge in [0.2, 0.25) is 5.69 Å². The van der Waals surface area contributed by atoms with E-state index in [4.69, 9.17) is 26.0 Å². The Labute approximate surface area is 106 Å². The molecule has 16 heavy (non-hydrogen) atoms. The predicted octanol–water partition coefficient (Wildman–Crippen LogP) is 3.27. The van der Waals surface area contributed by atoms with E-state index in [0.717, 1.165) is 11.4 Å². The number of hydrogen-bond acceptors (Lipinski definition) is 5. The summed E-state index contributed by atoms with van der Waals surface area (Å²) < 4.78 is 11.1. The third kappa shape index (κ3) is 6.86. The molecule has 0 saturated heterocycles. The summed E-state index contributed by atoms with van der Waals surface area (Å²) >= 11 is 6.41. The first-order chi connectivity index (χ1) is 7.16. The average molecular weight is 286 g/mol. The summed E-state index contributed by atoms with van der Waals surface area (Å²) in [5, 5.41) is 8.23. The highest BCUT2D eigenvalue weighted by Crippen LogP contribution is 2.64. The first kappa shape index (κ1) is 16.4. The van der Waals surface area contributed by atoms with Gasteiger partial charge in [-0.05, 0) is 46.4 Å². The highest BCUT2D eigenvalue weighted by atomic mass is 32.9. The van der Waals surface area contributed by atoms with Crippen molar-refractivity contribution in [1.82, 2.24) is 0 Å². The van der Waals surface area contributed by atoms with Crippen LogP contribution in [0.25, 0.3) is 0 Å². The lowest BCUT2D eigenvalue weighted by molar-refractivity contribution is -0.136. The molecule has 7 heteroatoms. The van der Waals surface area contributed by atoms with Crippen LogP contribution in [0, 0.1) is 0 Å². The molecule has 0 rings (SSSR count). The van der Waals surface area contributed by atoms with Gasteiger partial charge < -0.3 is 14.2 Å². The van der Waals surface area contributed by atoms with Crippen molar-refractivity contribution >= 4 is 34.9 Å². The van der Waals surface area contributed by atoms with Gasteiger partial charge in [0.25, 0.3) is 0 Å². The first-order valence-electron chi connectivity index (χ1n) is 5.04. The molecule has 1 unspecified atom stereocenters. The van der Waals surface area contributed by atoms with Crippen LogP contribution in [0.2, 0.25) is 0 Å². The van der Waals surface area contributed by atoms with E-state index in [1.807, 2.05) is 27.7 Å². The molecule has 0 aliphatic heterocycles. The number of carboxylic acids is 1. The third-order valence-corrected chi connectivity index (χ3v) is 6.98.